The van der Waals surface area contributed by atoms with Crippen molar-refractivity contribution in [1.82, 2.24) is 5.32 Å². The van der Waals surface area contributed by atoms with Crippen molar-refractivity contribution in [3.05, 3.63) is 29.8 Å². The van der Waals surface area contributed by atoms with Gasteiger partial charge in [-0.15, -0.1) is 0 Å². The van der Waals surface area contributed by atoms with E-state index in [4.69, 9.17) is 0 Å². The van der Waals surface area contributed by atoms with Crippen molar-refractivity contribution in [1.29, 1.82) is 0 Å². The molecule has 0 aliphatic heterocycles. The van der Waals surface area contributed by atoms with Crippen molar-refractivity contribution in [2.75, 3.05) is 0 Å². The predicted octanol–water partition coefficient (Wildman–Crippen LogP) is 3.84. The SMILES string of the molecule is CCC1CCCC(NCc2ccccc2O)CC1. The van der Waals surface area contributed by atoms with Crippen molar-refractivity contribution in [2.24, 2.45) is 5.92 Å². The molecule has 2 N–H and O–H groups in total. The minimum atomic E-state index is 0.407. The van der Waals surface area contributed by atoms with E-state index in [9.17, 15) is 5.11 Å². The second-order valence-electron chi connectivity index (χ2n) is 5.49. The van der Waals surface area contributed by atoms with Crippen LogP contribution in [0, 0.1) is 5.92 Å². The van der Waals surface area contributed by atoms with Gasteiger partial charge in [-0.2, -0.15) is 0 Å². The quantitative estimate of drug-likeness (QED) is 0.792. The van der Waals surface area contributed by atoms with Crippen molar-refractivity contribution >= 4 is 0 Å². The monoisotopic (exact) mass is 247 g/mol. The molecule has 1 aliphatic rings. The molecule has 2 heteroatoms. The van der Waals surface area contributed by atoms with Gasteiger partial charge in [0.1, 0.15) is 5.75 Å². The minimum absolute atomic E-state index is 0.407. The Morgan fingerprint density at radius 1 is 1.17 bits per heavy atom. The largest absolute Gasteiger partial charge is 0.508 e. The van der Waals surface area contributed by atoms with Crippen LogP contribution in [0.4, 0.5) is 0 Å². The average molecular weight is 247 g/mol. The second kappa shape index (κ2) is 6.79. The number of aromatic hydroxyl groups is 1. The maximum absolute atomic E-state index is 9.74. The molecule has 0 spiro atoms. The average Bonchev–Trinajstić information content (AvgIpc) is 2.63. The highest BCUT2D eigenvalue weighted by Crippen LogP contribution is 2.26. The Bertz CT molecular complexity index is 364. The summed E-state index contributed by atoms with van der Waals surface area (Å²) >= 11 is 0. The van der Waals surface area contributed by atoms with Crippen LogP contribution in [0.2, 0.25) is 0 Å². The highest BCUT2D eigenvalue weighted by atomic mass is 16.3. The van der Waals surface area contributed by atoms with Crippen LogP contribution >= 0.6 is 0 Å². The maximum Gasteiger partial charge on any atom is 0.120 e. The van der Waals surface area contributed by atoms with Crippen LogP contribution in [0.5, 0.6) is 5.75 Å². The van der Waals surface area contributed by atoms with Gasteiger partial charge in [0.2, 0.25) is 0 Å². The number of nitrogens with one attached hydrogen (secondary N) is 1. The number of phenols is 1. The molecule has 1 fully saturated rings. The lowest BCUT2D eigenvalue weighted by molar-refractivity contribution is 0.419. The van der Waals surface area contributed by atoms with Gasteiger partial charge in [-0.3, -0.25) is 0 Å². The van der Waals surface area contributed by atoms with E-state index in [1.165, 1.54) is 38.5 Å². The van der Waals surface area contributed by atoms with E-state index < -0.39 is 0 Å². The van der Waals surface area contributed by atoms with Crippen LogP contribution < -0.4 is 5.32 Å². The summed E-state index contributed by atoms with van der Waals surface area (Å²) in [6, 6.07) is 8.24. The van der Waals surface area contributed by atoms with Crippen LogP contribution in [0.15, 0.2) is 24.3 Å². The summed E-state index contributed by atoms with van der Waals surface area (Å²) < 4.78 is 0. The summed E-state index contributed by atoms with van der Waals surface area (Å²) in [5.74, 6) is 1.34. The van der Waals surface area contributed by atoms with Gasteiger partial charge in [-0.1, -0.05) is 44.4 Å². The number of hydrogen-bond acceptors (Lipinski definition) is 2. The molecule has 2 unspecified atom stereocenters. The summed E-state index contributed by atoms with van der Waals surface area (Å²) in [5, 5.41) is 13.3. The predicted molar refractivity (Wildman–Crippen MR) is 75.6 cm³/mol. The first-order valence-corrected chi connectivity index (χ1v) is 7.30. The number of phenolic OH excluding ortho intramolecular Hbond substituents is 1. The zero-order valence-electron chi connectivity index (χ0n) is 11.4. The highest BCUT2D eigenvalue weighted by Gasteiger charge is 2.17. The molecule has 2 rings (SSSR count). The molecule has 1 aromatic rings. The first kappa shape index (κ1) is 13.4. The molecule has 0 radical (unpaired) electrons. The third-order valence-corrected chi connectivity index (χ3v) is 4.24. The van der Waals surface area contributed by atoms with Gasteiger partial charge in [0.05, 0.1) is 0 Å². The van der Waals surface area contributed by atoms with Gasteiger partial charge in [0, 0.05) is 18.2 Å². The molecule has 1 aliphatic carbocycles. The Labute approximate surface area is 110 Å². The van der Waals surface area contributed by atoms with Crippen molar-refractivity contribution < 1.29 is 5.11 Å². The first-order chi connectivity index (χ1) is 8.79. The van der Waals surface area contributed by atoms with E-state index in [1.54, 1.807) is 6.07 Å². The molecule has 0 aromatic heterocycles. The molecule has 0 amide bonds. The van der Waals surface area contributed by atoms with Crippen molar-refractivity contribution in [3.8, 4) is 5.75 Å². The molecule has 0 bridgehead atoms. The van der Waals surface area contributed by atoms with Crippen molar-refractivity contribution in [2.45, 2.75) is 58.0 Å². The fourth-order valence-electron chi connectivity index (χ4n) is 2.91. The van der Waals surface area contributed by atoms with Gasteiger partial charge in [0.15, 0.2) is 0 Å². The Kier molecular flexibility index (Phi) is 5.06. The Morgan fingerprint density at radius 2 is 2.00 bits per heavy atom. The Morgan fingerprint density at radius 3 is 2.78 bits per heavy atom. The summed E-state index contributed by atoms with van der Waals surface area (Å²) in [5.41, 5.74) is 1.01. The lowest BCUT2D eigenvalue weighted by Gasteiger charge is -2.17. The topological polar surface area (TPSA) is 32.3 Å². The summed E-state index contributed by atoms with van der Waals surface area (Å²) in [6.07, 6.45) is 7.99. The number of para-hydroxylation sites is 1. The van der Waals surface area contributed by atoms with Gasteiger partial charge in [-0.05, 0) is 31.2 Å². The Balaban J connectivity index is 1.82. The van der Waals surface area contributed by atoms with E-state index in [1.807, 2.05) is 18.2 Å². The first-order valence-electron chi connectivity index (χ1n) is 7.30. The highest BCUT2D eigenvalue weighted by molar-refractivity contribution is 5.31. The lowest BCUT2D eigenvalue weighted by Crippen LogP contribution is -2.28. The van der Waals surface area contributed by atoms with Gasteiger partial charge < -0.3 is 10.4 Å². The van der Waals surface area contributed by atoms with Gasteiger partial charge in [-0.25, -0.2) is 0 Å². The molecule has 1 aromatic carbocycles. The maximum atomic E-state index is 9.74. The van der Waals surface area contributed by atoms with Gasteiger partial charge in [0.25, 0.3) is 0 Å². The third kappa shape index (κ3) is 3.74. The van der Waals surface area contributed by atoms with E-state index >= 15 is 0 Å². The fraction of sp³-hybridized carbons (Fsp3) is 0.625. The van der Waals surface area contributed by atoms with Crippen LogP contribution in [0.1, 0.15) is 51.0 Å². The zero-order chi connectivity index (χ0) is 12.8. The van der Waals surface area contributed by atoms with Crippen LogP contribution in [0.25, 0.3) is 0 Å². The smallest absolute Gasteiger partial charge is 0.120 e. The number of hydrogen-bond donors (Lipinski definition) is 2. The third-order valence-electron chi connectivity index (χ3n) is 4.24. The lowest BCUT2D eigenvalue weighted by atomic mass is 9.98. The normalized spacial score (nSPS) is 24.7. The standard InChI is InChI=1S/C16H25NO/c1-2-13-6-5-8-15(11-10-13)17-12-14-7-3-4-9-16(14)18/h3-4,7,9,13,15,17-18H,2,5-6,8,10-12H2,1H3. The number of rotatable bonds is 4. The van der Waals surface area contributed by atoms with Gasteiger partial charge >= 0.3 is 0 Å². The molecule has 18 heavy (non-hydrogen) atoms. The minimum Gasteiger partial charge on any atom is -0.508 e. The van der Waals surface area contributed by atoms with E-state index in [0.29, 0.717) is 11.8 Å². The van der Waals surface area contributed by atoms with Crippen LogP contribution in [0.3, 0.4) is 0 Å². The molecule has 100 valence electrons. The van der Waals surface area contributed by atoms with Crippen LogP contribution in [-0.2, 0) is 6.54 Å². The molecule has 1 saturated carbocycles. The Hall–Kier alpha value is -1.02. The number of benzene rings is 1. The summed E-state index contributed by atoms with van der Waals surface area (Å²) in [6.45, 7) is 3.09. The van der Waals surface area contributed by atoms with Crippen LogP contribution in [-0.4, -0.2) is 11.1 Å². The fourth-order valence-corrected chi connectivity index (χ4v) is 2.91. The van der Waals surface area contributed by atoms with E-state index in [-0.39, 0.29) is 0 Å². The van der Waals surface area contributed by atoms with E-state index in [0.717, 1.165) is 18.0 Å². The summed E-state index contributed by atoms with van der Waals surface area (Å²) in [7, 11) is 0. The molecule has 0 heterocycles. The van der Waals surface area contributed by atoms with Crippen molar-refractivity contribution in [3.63, 3.8) is 0 Å². The molecular formula is C16H25NO. The molecule has 2 atom stereocenters. The second-order valence-corrected chi connectivity index (χ2v) is 5.49. The zero-order valence-corrected chi connectivity index (χ0v) is 11.4. The molecule has 0 saturated heterocycles. The van der Waals surface area contributed by atoms with E-state index in [2.05, 4.69) is 12.2 Å². The molecule has 2 nitrogen and oxygen atoms in total. The summed E-state index contributed by atoms with van der Waals surface area (Å²) in [4.78, 5) is 0. The molecular weight excluding hydrogens is 222 g/mol.